The minimum atomic E-state index is -0.331. The molecule has 0 aliphatic heterocycles. The van der Waals surface area contributed by atoms with E-state index in [1.165, 1.54) is 4.57 Å². The summed E-state index contributed by atoms with van der Waals surface area (Å²) in [6, 6.07) is 14.0. The SMILES string of the molecule is CCC(c1nc2ccccc2c(=O)n1C)N(C)C(=O)Nc1ccc(Br)cc1. The first-order chi connectivity index (χ1) is 12.9. The van der Waals surface area contributed by atoms with E-state index in [1.54, 1.807) is 25.1 Å². The van der Waals surface area contributed by atoms with E-state index in [1.807, 2.05) is 49.4 Å². The molecule has 0 spiro atoms. The van der Waals surface area contributed by atoms with Gasteiger partial charge in [0.2, 0.25) is 0 Å². The summed E-state index contributed by atoms with van der Waals surface area (Å²) < 4.78 is 2.47. The van der Waals surface area contributed by atoms with Crippen LogP contribution in [-0.4, -0.2) is 27.5 Å². The van der Waals surface area contributed by atoms with Crippen LogP contribution in [0.4, 0.5) is 10.5 Å². The second-order valence-corrected chi connectivity index (χ2v) is 7.24. The molecule has 1 heterocycles. The molecule has 0 aliphatic rings. The first-order valence-electron chi connectivity index (χ1n) is 8.67. The Morgan fingerprint density at radius 2 is 1.89 bits per heavy atom. The topological polar surface area (TPSA) is 67.2 Å². The van der Waals surface area contributed by atoms with E-state index in [0.29, 0.717) is 28.8 Å². The van der Waals surface area contributed by atoms with Crippen molar-refractivity contribution in [1.29, 1.82) is 0 Å². The molecule has 0 saturated heterocycles. The van der Waals surface area contributed by atoms with Crippen molar-refractivity contribution in [2.24, 2.45) is 7.05 Å². The van der Waals surface area contributed by atoms with E-state index < -0.39 is 0 Å². The minimum absolute atomic E-state index is 0.115. The van der Waals surface area contributed by atoms with Gasteiger partial charge >= 0.3 is 6.03 Å². The summed E-state index contributed by atoms with van der Waals surface area (Å²) in [5.41, 5.74) is 1.22. The largest absolute Gasteiger partial charge is 0.322 e. The highest BCUT2D eigenvalue weighted by Gasteiger charge is 2.24. The molecule has 1 unspecified atom stereocenters. The van der Waals surface area contributed by atoms with Gasteiger partial charge in [-0.2, -0.15) is 0 Å². The van der Waals surface area contributed by atoms with Crippen LogP contribution in [0, 0.1) is 0 Å². The van der Waals surface area contributed by atoms with Crippen molar-refractivity contribution >= 4 is 38.6 Å². The molecule has 1 N–H and O–H groups in total. The van der Waals surface area contributed by atoms with Crippen molar-refractivity contribution in [2.75, 3.05) is 12.4 Å². The molecule has 140 valence electrons. The third-order valence-electron chi connectivity index (χ3n) is 4.59. The van der Waals surface area contributed by atoms with Gasteiger partial charge in [0.15, 0.2) is 0 Å². The maximum absolute atomic E-state index is 12.7. The van der Waals surface area contributed by atoms with Crippen molar-refractivity contribution < 1.29 is 4.79 Å². The van der Waals surface area contributed by atoms with Gasteiger partial charge in [-0.1, -0.05) is 35.0 Å². The second-order valence-electron chi connectivity index (χ2n) is 6.32. The molecule has 0 fully saturated rings. The number of carbonyl (C=O) groups excluding carboxylic acids is 1. The number of nitrogens with zero attached hydrogens (tertiary/aromatic N) is 3. The van der Waals surface area contributed by atoms with Crippen LogP contribution in [0.2, 0.25) is 0 Å². The zero-order valence-electron chi connectivity index (χ0n) is 15.4. The van der Waals surface area contributed by atoms with Gasteiger partial charge in [-0.3, -0.25) is 9.36 Å². The number of carbonyl (C=O) groups is 1. The molecule has 3 aromatic rings. The van der Waals surface area contributed by atoms with Crippen molar-refractivity contribution in [3.05, 3.63) is 69.2 Å². The lowest BCUT2D eigenvalue weighted by Gasteiger charge is -2.28. The predicted octanol–water partition coefficient (Wildman–Crippen LogP) is 4.31. The third kappa shape index (κ3) is 3.88. The molecule has 6 nitrogen and oxygen atoms in total. The van der Waals surface area contributed by atoms with E-state index in [2.05, 4.69) is 26.2 Å². The van der Waals surface area contributed by atoms with Crippen LogP contribution in [0.15, 0.2) is 57.8 Å². The number of anilines is 1. The number of hydrogen-bond acceptors (Lipinski definition) is 3. The standard InChI is InChI=1S/C20H21BrN4O2/c1-4-17(24(2)20(27)22-14-11-9-13(21)10-12-14)18-23-16-8-6-5-7-15(16)19(26)25(18)3/h5-12,17H,4H2,1-3H3,(H,22,27). The number of nitrogens with one attached hydrogen (secondary N) is 1. The number of benzene rings is 2. The molecular weight excluding hydrogens is 408 g/mol. The van der Waals surface area contributed by atoms with Gasteiger partial charge in [-0.15, -0.1) is 0 Å². The van der Waals surface area contributed by atoms with E-state index in [4.69, 9.17) is 0 Å². The Labute approximate surface area is 166 Å². The summed E-state index contributed by atoms with van der Waals surface area (Å²) in [5, 5.41) is 3.45. The first-order valence-corrected chi connectivity index (χ1v) is 9.46. The lowest BCUT2D eigenvalue weighted by molar-refractivity contribution is 0.198. The Bertz CT molecular complexity index is 1030. The monoisotopic (exact) mass is 428 g/mol. The molecule has 0 bridgehead atoms. The first kappa shape index (κ1) is 19.1. The molecule has 0 aliphatic carbocycles. The number of aromatic nitrogens is 2. The number of rotatable bonds is 4. The fourth-order valence-corrected chi connectivity index (χ4v) is 3.31. The fraction of sp³-hybridized carbons (Fsp3) is 0.250. The Morgan fingerprint density at radius 3 is 2.56 bits per heavy atom. The van der Waals surface area contributed by atoms with Crippen LogP contribution < -0.4 is 10.9 Å². The van der Waals surface area contributed by atoms with Crippen LogP contribution >= 0.6 is 15.9 Å². The van der Waals surface area contributed by atoms with Crippen LogP contribution in [0.1, 0.15) is 25.2 Å². The molecule has 27 heavy (non-hydrogen) atoms. The van der Waals surface area contributed by atoms with Gasteiger partial charge < -0.3 is 10.2 Å². The highest BCUT2D eigenvalue weighted by molar-refractivity contribution is 9.10. The maximum Gasteiger partial charge on any atom is 0.322 e. The second kappa shape index (κ2) is 7.92. The summed E-state index contributed by atoms with van der Waals surface area (Å²) >= 11 is 3.38. The van der Waals surface area contributed by atoms with Crippen LogP contribution in [-0.2, 0) is 7.05 Å². The smallest absolute Gasteiger partial charge is 0.317 e. The Kier molecular flexibility index (Phi) is 5.60. The Morgan fingerprint density at radius 1 is 1.22 bits per heavy atom. The lowest BCUT2D eigenvalue weighted by atomic mass is 10.1. The summed E-state index contributed by atoms with van der Waals surface area (Å²) in [4.78, 5) is 31.6. The molecular formula is C20H21BrN4O2. The van der Waals surface area contributed by atoms with Gasteiger partial charge in [0, 0.05) is 24.3 Å². The van der Waals surface area contributed by atoms with Gasteiger partial charge in [0.25, 0.3) is 5.56 Å². The van der Waals surface area contributed by atoms with Crippen molar-refractivity contribution in [3.8, 4) is 0 Å². The van der Waals surface area contributed by atoms with Crippen LogP contribution in [0.3, 0.4) is 0 Å². The zero-order valence-corrected chi connectivity index (χ0v) is 17.0. The molecule has 0 radical (unpaired) electrons. The minimum Gasteiger partial charge on any atom is -0.317 e. The van der Waals surface area contributed by atoms with Gasteiger partial charge in [0.05, 0.1) is 16.9 Å². The lowest BCUT2D eigenvalue weighted by Crippen LogP contribution is -2.38. The molecule has 3 rings (SSSR count). The molecule has 1 aromatic heterocycles. The fourth-order valence-electron chi connectivity index (χ4n) is 3.05. The van der Waals surface area contributed by atoms with Crippen LogP contribution in [0.25, 0.3) is 10.9 Å². The highest BCUT2D eigenvalue weighted by atomic mass is 79.9. The van der Waals surface area contributed by atoms with E-state index in [9.17, 15) is 9.59 Å². The molecule has 1 atom stereocenters. The maximum atomic E-state index is 12.7. The van der Waals surface area contributed by atoms with E-state index in [-0.39, 0.29) is 17.6 Å². The highest BCUT2D eigenvalue weighted by Crippen LogP contribution is 2.23. The average molecular weight is 429 g/mol. The van der Waals surface area contributed by atoms with E-state index >= 15 is 0 Å². The normalized spacial score (nSPS) is 12.0. The summed E-state index contributed by atoms with van der Waals surface area (Å²) in [6.45, 7) is 1.97. The van der Waals surface area contributed by atoms with Gasteiger partial charge in [0.1, 0.15) is 5.82 Å². The quantitative estimate of drug-likeness (QED) is 0.672. The van der Waals surface area contributed by atoms with Crippen LogP contribution in [0.5, 0.6) is 0 Å². The van der Waals surface area contributed by atoms with Crippen molar-refractivity contribution in [1.82, 2.24) is 14.5 Å². The Balaban J connectivity index is 1.93. The van der Waals surface area contributed by atoms with E-state index in [0.717, 1.165) is 4.47 Å². The average Bonchev–Trinajstić information content (AvgIpc) is 2.67. The molecule has 2 aromatic carbocycles. The van der Waals surface area contributed by atoms with Gasteiger partial charge in [-0.05, 0) is 42.8 Å². The third-order valence-corrected chi connectivity index (χ3v) is 5.11. The van der Waals surface area contributed by atoms with Crippen molar-refractivity contribution in [3.63, 3.8) is 0 Å². The Hall–Kier alpha value is -2.67. The number of amides is 2. The number of halogens is 1. The number of para-hydroxylation sites is 1. The summed E-state index contributed by atoms with van der Waals surface area (Å²) in [6.07, 6.45) is 0.628. The van der Waals surface area contributed by atoms with Crippen molar-refractivity contribution in [2.45, 2.75) is 19.4 Å². The predicted molar refractivity (Wildman–Crippen MR) is 111 cm³/mol. The molecule has 0 saturated carbocycles. The number of hydrogen-bond donors (Lipinski definition) is 1. The molecule has 7 heteroatoms. The summed E-state index contributed by atoms with van der Waals surface area (Å²) in [5.74, 6) is 0.564. The zero-order chi connectivity index (χ0) is 19.6. The van der Waals surface area contributed by atoms with Gasteiger partial charge in [-0.25, -0.2) is 9.78 Å². The number of fused-ring (bicyclic) bond motifs is 1. The molecule has 2 amide bonds. The number of urea groups is 1. The summed E-state index contributed by atoms with van der Waals surface area (Å²) in [7, 11) is 3.41.